The molecular formula is C22H27N5O2. The maximum Gasteiger partial charge on any atom is 0.227 e. The largest absolute Gasteiger partial charge is 0.361 e. The van der Waals surface area contributed by atoms with Crippen LogP contribution in [0, 0.1) is 13.8 Å². The van der Waals surface area contributed by atoms with Crippen molar-refractivity contribution in [3.8, 4) is 11.3 Å². The van der Waals surface area contributed by atoms with Crippen LogP contribution in [-0.4, -0.2) is 43.3 Å². The summed E-state index contributed by atoms with van der Waals surface area (Å²) < 4.78 is 7.15. The lowest BCUT2D eigenvalue weighted by Crippen LogP contribution is -2.42. The van der Waals surface area contributed by atoms with E-state index in [4.69, 9.17) is 4.52 Å². The zero-order chi connectivity index (χ0) is 20.2. The van der Waals surface area contributed by atoms with E-state index in [0.717, 1.165) is 41.1 Å². The van der Waals surface area contributed by atoms with Gasteiger partial charge in [0.1, 0.15) is 5.76 Å². The van der Waals surface area contributed by atoms with E-state index in [1.165, 1.54) is 12.8 Å². The molecule has 4 rings (SSSR count). The number of hydrogen-bond donors (Lipinski definition) is 0. The maximum absolute atomic E-state index is 13.2. The van der Waals surface area contributed by atoms with E-state index >= 15 is 0 Å². The first-order valence-corrected chi connectivity index (χ1v) is 10.3. The molecule has 7 nitrogen and oxygen atoms in total. The Balaban J connectivity index is 1.45. The van der Waals surface area contributed by atoms with Crippen LogP contribution in [0.1, 0.15) is 42.7 Å². The molecule has 0 atom stereocenters. The highest BCUT2D eigenvalue weighted by Gasteiger charge is 2.27. The Morgan fingerprint density at radius 1 is 1.21 bits per heavy atom. The molecule has 0 aliphatic heterocycles. The molecule has 29 heavy (non-hydrogen) atoms. The highest BCUT2D eigenvalue weighted by atomic mass is 16.5. The van der Waals surface area contributed by atoms with Gasteiger partial charge in [-0.1, -0.05) is 18.0 Å². The predicted molar refractivity (Wildman–Crippen MR) is 109 cm³/mol. The van der Waals surface area contributed by atoms with Crippen LogP contribution in [-0.2, 0) is 17.8 Å². The van der Waals surface area contributed by atoms with Gasteiger partial charge in [0.25, 0.3) is 0 Å². The van der Waals surface area contributed by atoms with Gasteiger partial charge in [0.05, 0.1) is 24.4 Å². The highest BCUT2D eigenvalue weighted by molar-refractivity contribution is 5.79. The number of aryl methyl sites for hydroxylation is 2. The van der Waals surface area contributed by atoms with E-state index in [0.29, 0.717) is 25.6 Å². The molecule has 1 amide bonds. The number of pyridine rings is 1. The smallest absolute Gasteiger partial charge is 0.227 e. The van der Waals surface area contributed by atoms with Gasteiger partial charge >= 0.3 is 0 Å². The molecule has 3 aromatic heterocycles. The molecule has 152 valence electrons. The van der Waals surface area contributed by atoms with Crippen molar-refractivity contribution in [1.29, 1.82) is 0 Å². The first-order chi connectivity index (χ1) is 14.1. The van der Waals surface area contributed by atoms with Crippen LogP contribution in [0.4, 0.5) is 0 Å². The predicted octanol–water partition coefficient (Wildman–Crippen LogP) is 3.56. The number of nitrogens with zero attached hydrogens (tertiary/aromatic N) is 5. The zero-order valence-corrected chi connectivity index (χ0v) is 17.0. The van der Waals surface area contributed by atoms with Crippen LogP contribution in [0.15, 0.2) is 41.3 Å². The Labute approximate surface area is 170 Å². The summed E-state index contributed by atoms with van der Waals surface area (Å²) in [5.41, 5.74) is 3.68. The Bertz CT molecular complexity index is 937. The minimum absolute atomic E-state index is 0.146. The molecule has 1 fully saturated rings. The Hall–Kier alpha value is -2.96. The summed E-state index contributed by atoms with van der Waals surface area (Å²) in [4.78, 5) is 19.3. The topological polar surface area (TPSA) is 77.0 Å². The van der Waals surface area contributed by atoms with Crippen molar-refractivity contribution in [1.82, 2.24) is 24.8 Å². The Morgan fingerprint density at radius 2 is 1.97 bits per heavy atom. The fourth-order valence-corrected chi connectivity index (χ4v) is 4.11. The molecule has 7 heteroatoms. The Kier molecular flexibility index (Phi) is 5.74. The van der Waals surface area contributed by atoms with Crippen molar-refractivity contribution in [3.63, 3.8) is 0 Å². The van der Waals surface area contributed by atoms with Gasteiger partial charge in [0.2, 0.25) is 5.91 Å². The van der Waals surface area contributed by atoms with Gasteiger partial charge < -0.3 is 9.42 Å². The number of hydrogen-bond acceptors (Lipinski definition) is 5. The van der Waals surface area contributed by atoms with E-state index in [1.807, 2.05) is 47.8 Å². The maximum atomic E-state index is 13.2. The molecule has 3 aromatic rings. The monoisotopic (exact) mass is 393 g/mol. The first-order valence-electron chi connectivity index (χ1n) is 10.3. The van der Waals surface area contributed by atoms with Gasteiger partial charge in [-0.3, -0.25) is 14.5 Å². The zero-order valence-electron chi connectivity index (χ0n) is 17.0. The van der Waals surface area contributed by atoms with E-state index < -0.39 is 0 Å². The number of carbonyl (C=O) groups is 1. The van der Waals surface area contributed by atoms with Crippen LogP contribution in [0.2, 0.25) is 0 Å². The summed E-state index contributed by atoms with van der Waals surface area (Å²) in [5, 5.41) is 8.66. The van der Waals surface area contributed by atoms with Gasteiger partial charge in [-0.15, -0.1) is 0 Å². The normalized spacial score (nSPS) is 14.4. The SMILES string of the molecule is Cc1noc(C)c1CC(=O)N(CCn1ccc(-c2ccncc2)n1)C1CCCC1. The lowest BCUT2D eigenvalue weighted by atomic mass is 10.1. The lowest BCUT2D eigenvalue weighted by molar-refractivity contribution is -0.133. The quantitative estimate of drug-likeness (QED) is 0.613. The molecule has 0 radical (unpaired) electrons. The van der Waals surface area contributed by atoms with Crippen molar-refractivity contribution in [2.75, 3.05) is 6.54 Å². The molecule has 0 N–H and O–H groups in total. The van der Waals surface area contributed by atoms with Gasteiger partial charge in [0.15, 0.2) is 0 Å². The summed E-state index contributed by atoms with van der Waals surface area (Å²) in [6.45, 7) is 5.09. The van der Waals surface area contributed by atoms with E-state index in [1.54, 1.807) is 12.4 Å². The fraction of sp³-hybridized carbons (Fsp3) is 0.455. The van der Waals surface area contributed by atoms with Crippen LogP contribution < -0.4 is 0 Å². The number of rotatable bonds is 7. The average Bonchev–Trinajstić information content (AvgIpc) is 3.48. The third-order valence-electron chi connectivity index (χ3n) is 5.78. The van der Waals surface area contributed by atoms with E-state index in [9.17, 15) is 4.79 Å². The van der Waals surface area contributed by atoms with Crippen LogP contribution in [0.25, 0.3) is 11.3 Å². The van der Waals surface area contributed by atoms with Crippen molar-refractivity contribution in [3.05, 3.63) is 53.8 Å². The second kappa shape index (κ2) is 8.59. The first kappa shape index (κ1) is 19.4. The standard InChI is InChI=1S/C22H27N5O2/c1-16-20(17(2)29-25-16)15-22(28)27(19-5-3-4-6-19)14-13-26-12-9-21(24-26)18-7-10-23-11-8-18/h7-12,19H,3-6,13-15H2,1-2H3. The second-order valence-corrected chi connectivity index (χ2v) is 7.70. The summed E-state index contributed by atoms with van der Waals surface area (Å²) in [6, 6.07) is 6.22. The number of aromatic nitrogens is 4. The van der Waals surface area contributed by atoms with E-state index in [-0.39, 0.29) is 5.91 Å². The average molecular weight is 393 g/mol. The Morgan fingerprint density at radius 3 is 2.66 bits per heavy atom. The molecule has 3 heterocycles. The third kappa shape index (κ3) is 4.39. The molecule has 0 spiro atoms. The number of amides is 1. The van der Waals surface area contributed by atoms with E-state index in [2.05, 4.69) is 15.2 Å². The highest BCUT2D eigenvalue weighted by Crippen LogP contribution is 2.25. The fourth-order valence-electron chi connectivity index (χ4n) is 4.11. The van der Waals surface area contributed by atoms with Crippen LogP contribution in [0.5, 0.6) is 0 Å². The van der Waals surface area contributed by atoms with Gasteiger partial charge in [-0.2, -0.15) is 5.10 Å². The minimum Gasteiger partial charge on any atom is -0.361 e. The second-order valence-electron chi connectivity index (χ2n) is 7.70. The molecule has 0 unspecified atom stereocenters. The molecule has 0 bridgehead atoms. The lowest BCUT2D eigenvalue weighted by Gasteiger charge is -2.29. The summed E-state index contributed by atoms with van der Waals surface area (Å²) in [5.74, 6) is 0.879. The van der Waals surface area contributed by atoms with Gasteiger partial charge in [-0.25, -0.2) is 0 Å². The van der Waals surface area contributed by atoms with Crippen molar-refractivity contribution in [2.45, 2.75) is 58.5 Å². The molecule has 1 saturated carbocycles. The van der Waals surface area contributed by atoms with Crippen molar-refractivity contribution in [2.24, 2.45) is 0 Å². The molecule has 1 aliphatic carbocycles. The van der Waals surface area contributed by atoms with Gasteiger partial charge in [-0.05, 0) is 44.9 Å². The molecule has 0 aromatic carbocycles. The van der Waals surface area contributed by atoms with Gasteiger partial charge in [0, 0.05) is 42.3 Å². The van der Waals surface area contributed by atoms with Crippen LogP contribution in [0.3, 0.4) is 0 Å². The molecular weight excluding hydrogens is 366 g/mol. The summed E-state index contributed by atoms with van der Waals surface area (Å²) >= 11 is 0. The summed E-state index contributed by atoms with van der Waals surface area (Å²) in [6.07, 6.45) is 10.4. The number of carbonyl (C=O) groups excluding carboxylic acids is 1. The minimum atomic E-state index is 0.146. The summed E-state index contributed by atoms with van der Waals surface area (Å²) in [7, 11) is 0. The van der Waals surface area contributed by atoms with Crippen molar-refractivity contribution >= 4 is 5.91 Å². The van der Waals surface area contributed by atoms with Crippen LogP contribution >= 0.6 is 0 Å². The molecule has 1 aliphatic rings. The third-order valence-corrected chi connectivity index (χ3v) is 5.78. The molecule has 0 saturated heterocycles. The van der Waals surface area contributed by atoms with Crippen molar-refractivity contribution < 1.29 is 9.32 Å².